The Morgan fingerprint density at radius 3 is 2.48 bits per heavy atom. The van der Waals surface area contributed by atoms with Gasteiger partial charge in [0, 0.05) is 0 Å². The van der Waals surface area contributed by atoms with E-state index in [0.717, 1.165) is 5.32 Å². The molecule has 1 aromatic heterocycles. The summed E-state index contributed by atoms with van der Waals surface area (Å²) in [5.41, 5.74) is 4.86. The molecular formula is C19H19N5O2Se. The summed E-state index contributed by atoms with van der Waals surface area (Å²) >= 11 is 0.0586. The van der Waals surface area contributed by atoms with Crippen LogP contribution in [0.4, 0.5) is 4.79 Å². The van der Waals surface area contributed by atoms with Gasteiger partial charge in [0.25, 0.3) is 0 Å². The molecule has 1 amide bonds. The zero-order valence-corrected chi connectivity index (χ0v) is 16.5. The number of aromatic amines is 1. The summed E-state index contributed by atoms with van der Waals surface area (Å²) in [6, 6.07) is 16.6. The number of alkyl carbamates (subject to hydrolysis) is 1. The Kier molecular flexibility index (Phi) is 5.18. The number of aromatic nitrogens is 4. The van der Waals surface area contributed by atoms with Crippen LogP contribution in [0, 0.1) is 0 Å². The first kappa shape index (κ1) is 17.7. The summed E-state index contributed by atoms with van der Waals surface area (Å²) < 4.78 is 6.25. The molecule has 27 heavy (non-hydrogen) atoms. The molecule has 0 spiro atoms. The SMILES string of the molecule is C[C@@H](C[Se]c1nn[nH]n1)NC(=O)OCC1c2ccccc2-c2ccccc21. The summed E-state index contributed by atoms with van der Waals surface area (Å²) in [6.45, 7) is 2.27. The number of ether oxygens (including phenoxy) is 1. The van der Waals surface area contributed by atoms with E-state index in [1.165, 1.54) is 22.3 Å². The van der Waals surface area contributed by atoms with Crippen molar-refractivity contribution in [2.24, 2.45) is 0 Å². The molecule has 7 nitrogen and oxygen atoms in total. The van der Waals surface area contributed by atoms with Gasteiger partial charge in [-0.25, -0.2) is 0 Å². The van der Waals surface area contributed by atoms with Gasteiger partial charge in [0.2, 0.25) is 0 Å². The van der Waals surface area contributed by atoms with Gasteiger partial charge in [-0.2, -0.15) is 0 Å². The topological polar surface area (TPSA) is 92.8 Å². The first-order valence-electron chi connectivity index (χ1n) is 8.70. The summed E-state index contributed by atoms with van der Waals surface area (Å²) in [4.78, 5) is 12.2. The molecule has 0 bridgehead atoms. The van der Waals surface area contributed by atoms with Gasteiger partial charge >= 0.3 is 163 Å². The predicted octanol–water partition coefficient (Wildman–Crippen LogP) is 1.87. The van der Waals surface area contributed by atoms with Crippen molar-refractivity contribution in [1.82, 2.24) is 25.9 Å². The number of tetrazole rings is 1. The van der Waals surface area contributed by atoms with Gasteiger partial charge in [-0.3, -0.25) is 0 Å². The Morgan fingerprint density at radius 1 is 1.19 bits per heavy atom. The van der Waals surface area contributed by atoms with Gasteiger partial charge in [0.05, 0.1) is 0 Å². The van der Waals surface area contributed by atoms with Gasteiger partial charge < -0.3 is 0 Å². The van der Waals surface area contributed by atoms with Crippen molar-refractivity contribution in [2.45, 2.75) is 24.2 Å². The molecule has 2 aromatic carbocycles. The van der Waals surface area contributed by atoms with Crippen LogP contribution < -0.4 is 10.0 Å². The third kappa shape index (κ3) is 3.86. The first-order valence-corrected chi connectivity index (χ1v) is 10.8. The van der Waals surface area contributed by atoms with Crippen molar-refractivity contribution in [3.63, 3.8) is 0 Å². The third-order valence-corrected chi connectivity index (χ3v) is 6.80. The molecule has 0 fully saturated rings. The average Bonchev–Trinajstić information content (AvgIpc) is 3.31. The number of hydrogen-bond donors (Lipinski definition) is 2. The van der Waals surface area contributed by atoms with Crippen LogP contribution in [0.1, 0.15) is 24.0 Å². The summed E-state index contributed by atoms with van der Waals surface area (Å²) in [5, 5.41) is 17.5. The number of hydrogen-bond acceptors (Lipinski definition) is 5. The third-order valence-electron chi connectivity index (χ3n) is 4.50. The van der Waals surface area contributed by atoms with Crippen LogP contribution in [0.2, 0.25) is 5.32 Å². The monoisotopic (exact) mass is 429 g/mol. The predicted molar refractivity (Wildman–Crippen MR) is 102 cm³/mol. The molecule has 3 aromatic rings. The zero-order valence-electron chi connectivity index (χ0n) is 14.8. The van der Waals surface area contributed by atoms with E-state index in [-0.39, 0.29) is 26.9 Å². The standard InChI is InChI=1S/C19H19N5O2Se/c1-12(11-27-18-21-23-24-22-18)20-19(25)26-10-17-15-8-4-2-6-13(15)14-7-3-5-9-16(14)17/h2-9,12,17H,10-11H2,1H3,(H,20,25)(H,21,22,23,24)/t12-/m0/s1. The van der Waals surface area contributed by atoms with Gasteiger partial charge in [0.1, 0.15) is 0 Å². The van der Waals surface area contributed by atoms with Crippen molar-refractivity contribution in [2.75, 3.05) is 6.61 Å². The van der Waals surface area contributed by atoms with E-state index < -0.39 is 6.09 Å². The molecule has 0 aliphatic heterocycles. The molecule has 1 aliphatic carbocycles. The van der Waals surface area contributed by atoms with Crippen LogP contribution in [0.3, 0.4) is 0 Å². The van der Waals surface area contributed by atoms with Crippen LogP contribution in [-0.2, 0) is 4.74 Å². The summed E-state index contributed by atoms with van der Waals surface area (Å²) in [5.74, 6) is 0.0713. The number of carbonyl (C=O) groups is 1. The molecule has 0 saturated carbocycles. The molecule has 1 aliphatic rings. The number of fused-ring (bicyclic) bond motifs is 3. The van der Waals surface area contributed by atoms with Crippen LogP contribution in [0.25, 0.3) is 11.1 Å². The zero-order chi connectivity index (χ0) is 18.6. The number of amides is 1. The van der Waals surface area contributed by atoms with Gasteiger partial charge in [-0.15, -0.1) is 0 Å². The Hall–Kier alpha value is -2.70. The quantitative estimate of drug-likeness (QED) is 0.585. The second kappa shape index (κ2) is 7.90. The van der Waals surface area contributed by atoms with Crippen LogP contribution in [0.5, 0.6) is 0 Å². The number of rotatable bonds is 6. The van der Waals surface area contributed by atoms with Crippen molar-refractivity contribution >= 4 is 25.8 Å². The second-order valence-corrected chi connectivity index (χ2v) is 8.45. The van der Waals surface area contributed by atoms with E-state index in [1.54, 1.807) is 0 Å². The molecule has 4 rings (SSSR count). The average molecular weight is 428 g/mol. The Bertz CT molecular complexity index is 886. The van der Waals surface area contributed by atoms with E-state index >= 15 is 0 Å². The molecule has 1 atom stereocenters. The molecule has 0 saturated heterocycles. The first-order chi connectivity index (χ1) is 13.2. The van der Waals surface area contributed by atoms with E-state index in [1.807, 2.05) is 31.2 Å². The molecule has 2 N–H and O–H groups in total. The number of carbonyl (C=O) groups excluding carboxylic acids is 1. The molecule has 1 heterocycles. The number of benzene rings is 2. The van der Waals surface area contributed by atoms with Crippen LogP contribution >= 0.6 is 0 Å². The second-order valence-electron chi connectivity index (χ2n) is 6.38. The number of nitrogens with zero attached hydrogens (tertiary/aromatic N) is 3. The fraction of sp³-hybridized carbons (Fsp3) is 0.263. The summed E-state index contributed by atoms with van der Waals surface area (Å²) in [7, 11) is 0. The minimum absolute atomic E-state index is 0.0147. The maximum atomic E-state index is 12.2. The van der Waals surface area contributed by atoms with Crippen molar-refractivity contribution in [1.29, 1.82) is 0 Å². The maximum absolute atomic E-state index is 12.2. The fourth-order valence-corrected chi connectivity index (χ4v) is 4.74. The van der Waals surface area contributed by atoms with Gasteiger partial charge in [-0.1, -0.05) is 0 Å². The van der Waals surface area contributed by atoms with Crippen LogP contribution in [-0.4, -0.2) is 54.3 Å². The van der Waals surface area contributed by atoms with Gasteiger partial charge in [0.15, 0.2) is 0 Å². The van der Waals surface area contributed by atoms with Crippen molar-refractivity contribution in [3.8, 4) is 11.1 Å². The van der Waals surface area contributed by atoms with E-state index in [4.69, 9.17) is 4.74 Å². The molecule has 138 valence electrons. The normalized spacial score (nSPS) is 13.7. The Balaban J connectivity index is 1.35. The Labute approximate surface area is 163 Å². The van der Waals surface area contributed by atoms with Gasteiger partial charge in [-0.05, 0) is 0 Å². The molecule has 0 radical (unpaired) electrons. The van der Waals surface area contributed by atoms with E-state index in [0.29, 0.717) is 11.3 Å². The van der Waals surface area contributed by atoms with E-state index in [2.05, 4.69) is 50.2 Å². The van der Waals surface area contributed by atoms with E-state index in [9.17, 15) is 4.79 Å². The molecule has 8 heteroatoms. The van der Waals surface area contributed by atoms with Crippen molar-refractivity contribution < 1.29 is 9.53 Å². The number of H-pyrrole nitrogens is 1. The molecule has 0 unspecified atom stereocenters. The minimum atomic E-state index is -0.395. The van der Waals surface area contributed by atoms with Crippen LogP contribution in [0.15, 0.2) is 48.5 Å². The number of nitrogens with one attached hydrogen (secondary N) is 2. The molecular weight excluding hydrogens is 409 g/mol. The fourth-order valence-electron chi connectivity index (χ4n) is 3.30. The summed E-state index contributed by atoms with van der Waals surface area (Å²) in [6.07, 6.45) is -0.395. The Morgan fingerprint density at radius 2 is 1.85 bits per heavy atom. The van der Waals surface area contributed by atoms with Crippen molar-refractivity contribution in [3.05, 3.63) is 59.7 Å².